The zero-order valence-electron chi connectivity index (χ0n) is 9.86. The number of nitrogens with zero attached hydrogens (tertiary/aromatic N) is 2. The van der Waals surface area contributed by atoms with Crippen LogP contribution in [0.5, 0.6) is 0 Å². The van der Waals surface area contributed by atoms with Crippen LogP contribution in [0.2, 0.25) is 0 Å². The van der Waals surface area contributed by atoms with Crippen molar-refractivity contribution in [2.45, 2.75) is 13.8 Å². The van der Waals surface area contributed by atoms with Gasteiger partial charge in [0.1, 0.15) is 17.6 Å². The Morgan fingerprint density at radius 1 is 1.12 bits per heavy atom. The molecule has 3 nitrogen and oxygen atoms in total. The lowest BCUT2D eigenvalue weighted by Gasteiger charge is -2.07. The third-order valence-corrected chi connectivity index (χ3v) is 2.36. The standard InChI is InChI=1S/C14H13N3/c1-10-6-11(2)8-13(7-10)17-14-5-3-4-12(9-15)16-14/h3-8H,1-2H3,(H,16,17). The Hall–Kier alpha value is -2.34. The predicted octanol–water partition coefficient (Wildman–Crippen LogP) is 3.31. The molecule has 0 spiro atoms. The molecule has 0 saturated carbocycles. The fourth-order valence-electron chi connectivity index (χ4n) is 1.76. The zero-order valence-corrected chi connectivity index (χ0v) is 9.86. The first-order chi connectivity index (χ1) is 8.17. The molecule has 1 heterocycles. The Kier molecular flexibility index (Phi) is 3.06. The lowest BCUT2D eigenvalue weighted by atomic mass is 10.1. The number of anilines is 2. The van der Waals surface area contributed by atoms with Crippen molar-refractivity contribution in [3.8, 4) is 6.07 Å². The molecule has 0 radical (unpaired) electrons. The molecule has 0 fully saturated rings. The lowest BCUT2D eigenvalue weighted by molar-refractivity contribution is 1.25. The number of benzene rings is 1. The third-order valence-electron chi connectivity index (χ3n) is 2.36. The molecule has 0 aliphatic rings. The topological polar surface area (TPSA) is 48.7 Å². The number of hydrogen-bond donors (Lipinski definition) is 1. The average molecular weight is 223 g/mol. The van der Waals surface area contributed by atoms with Crippen molar-refractivity contribution in [3.05, 3.63) is 53.2 Å². The Morgan fingerprint density at radius 2 is 1.82 bits per heavy atom. The first kappa shape index (κ1) is 11.2. The Bertz CT molecular complexity index is 562. The van der Waals surface area contributed by atoms with Crippen molar-refractivity contribution in [3.63, 3.8) is 0 Å². The number of rotatable bonds is 2. The van der Waals surface area contributed by atoms with E-state index in [0.29, 0.717) is 11.5 Å². The molecule has 0 amide bonds. The molecule has 3 heteroatoms. The summed E-state index contributed by atoms with van der Waals surface area (Å²) in [6, 6.07) is 13.6. The van der Waals surface area contributed by atoms with Crippen LogP contribution in [0.25, 0.3) is 0 Å². The molecule has 2 aromatic rings. The van der Waals surface area contributed by atoms with E-state index in [2.05, 4.69) is 30.2 Å². The van der Waals surface area contributed by atoms with Crippen molar-refractivity contribution in [2.75, 3.05) is 5.32 Å². The van der Waals surface area contributed by atoms with Crippen LogP contribution in [0, 0.1) is 25.2 Å². The molecule has 1 N–H and O–H groups in total. The van der Waals surface area contributed by atoms with Gasteiger partial charge in [0.15, 0.2) is 0 Å². The molecule has 0 aliphatic heterocycles. The van der Waals surface area contributed by atoms with Gasteiger partial charge in [0.2, 0.25) is 0 Å². The fraction of sp³-hybridized carbons (Fsp3) is 0.143. The van der Waals surface area contributed by atoms with Crippen LogP contribution in [0.1, 0.15) is 16.8 Å². The monoisotopic (exact) mass is 223 g/mol. The van der Waals surface area contributed by atoms with Gasteiger partial charge in [-0.1, -0.05) is 12.1 Å². The van der Waals surface area contributed by atoms with Gasteiger partial charge >= 0.3 is 0 Å². The minimum absolute atomic E-state index is 0.416. The van der Waals surface area contributed by atoms with Crippen molar-refractivity contribution in [1.29, 1.82) is 5.26 Å². The summed E-state index contributed by atoms with van der Waals surface area (Å²) < 4.78 is 0. The lowest BCUT2D eigenvalue weighted by Crippen LogP contribution is -1.95. The summed E-state index contributed by atoms with van der Waals surface area (Å²) in [5, 5.41) is 12.0. The normalized spacial score (nSPS) is 9.71. The molecule has 0 aliphatic carbocycles. The summed E-state index contributed by atoms with van der Waals surface area (Å²) in [5.74, 6) is 0.689. The largest absolute Gasteiger partial charge is 0.340 e. The first-order valence-electron chi connectivity index (χ1n) is 5.40. The number of hydrogen-bond acceptors (Lipinski definition) is 3. The number of nitriles is 1. The van der Waals surface area contributed by atoms with Crippen LogP contribution >= 0.6 is 0 Å². The summed E-state index contributed by atoms with van der Waals surface area (Å²) in [7, 11) is 0. The molecule has 17 heavy (non-hydrogen) atoms. The third kappa shape index (κ3) is 2.82. The van der Waals surface area contributed by atoms with Crippen LogP contribution in [0.3, 0.4) is 0 Å². The summed E-state index contributed by atoms with van der Waals surface area (Å²) in [4.78, 5) is 4.17. The molecule has 1 aromatic heterocycles. The second-order valence-corrected chi connectivity index (χ2v) is 4.02. The van der Waals surface area contributed by atoms with E-state index in [1.807, 2.05) is 30.3 Å². The maximum atomic E-state index is 8.78. The minimum atomic E-state index is 0.416. The van der Waals surface area contributed by atoms with Crippen molar-refractivity contribution < 1.29 is 0 Å². The second kappa shape index (κ2) is 4.67. The Labute approximate surface area is 101 Å². The van der Waals surface area contributed by atoms with E-state index in [-0.39, 0.29) is 0 Å². The van der Waals surface area contributed by atoms with E-state index in [0.717, 1.165) is 5.69 Å². The van der Waals surface area contributed by atoms with E-state index in [4.69, 9.17) is 5.26 Å². The quantitative estimate of drug-likeness (QED) is 0.849. The van der Waals surface area contributed by atoms with Crippen molar-refractivity contribution >= 4 is 11.5 Å². The molecular formula is C14H13N3. The smallest absolute Gasteiger partial charge is 0.142 e. The molecule has 1 aromatic carbocycles. The Morgan fingerprint density at radius 3 is 2.47 bits per heavy atom. The van der Waals surface area contributed by atoms with Crippen LogP contribution in [-0.2, 0) is 0 Å². The number of aryl methyl sites for hydroxylation is 2. The van der Waals surface area contributed by atoms with Gasteiger partial charge in [-0.05, 0) is 49.2 Å². The number of nitrogens with one attached hydrogen (secondary N) is 1. The van der Waals surface area contributed by atoms with Gasteiger partial charge in [-0.15, -0.1) is 0 Å². The fourth-order valence-corrected chi connectivity index (χ4v) is 1.76. The highest BCUT2D eigenvalue weighted by atomic mass is 15.0. The van der Waals surface area contributed by atoms with Gasteiger partial charge in [-0.2, -0.15) is 5.26 Å². The van der Waals surface area contributed by atoms with Crippen LogP contribution in [-0.4, -0.2) is 4.98 Å². The van der Waals surface area contributed by atoms with E-state index >= 15 is 0 Å². The van der Waals surface area contributed by atoms with Gasteiger partial charge in [-0.3, -0.25) is 0 Å². The average Bonchev–Trinajstić information content (AvgIpc) is 2.28. The predicted molar refractivity (Wildman–Crippen MR) is 68.2 cm³/mol. The number of pyridine rings is 1. The van der Waals surface area contributed by atoms with E-state index in [1.54, 1.807) is 6.07 Å². The maximum Gasteiger partial charge on any atom is 0.142 e. The molecule has 0 unspecified atom stereocenters. The van der Waals surface area contributed by atoms with Gasteiger partial charge in [0.25, 0.3) is 0 Å². The summed E-state index contributed by atoms with van der Waals surface area (Å²) >= 11 is 0. The van der Waals surface area contributed by atoms with Crippen LogP contribution in [0.4, 0.5) is 11.5 Å². The van der Waals surface area contributed by atoms with Gasteiger partial charge in [-0.25, -0.2) is 4.98 Å². The molecule has 0 bridgehead atoms. The highest BCUT2D eigenvalue weighted by Crippen LogP contribution is 2.18. The van der Waals surface area contributed by atoms with Gasteiger partial charge in [0, 0.05) is 5.69 Å². The first-order valence-corrected chi connectivity index (χ1v) is 5.40. The minimum Gasteiger partial charge on any atom is -0.340 e. The molecule has 2 rings (SSSR count). The SMILES string of the molecule is Cc1cc(C)cc(Nc2cccc(C#N)n2)c1. The maximum absolute atomic E-state index is 8.78. The highest BCUT2D eigenvalue weighted by molar-refractivity contribution is 5.58. The molecule has 84 valence electrons. The number of aromatic nitrogens is 1. The molecule has 0 atom stereocenters. The van der Waals surface area contributed by atoms with Crippen molar-refractivity contribution in [2.24, 2.45) is 0 Å². The Balaban J connectivity index is 2.28. The zero-order chi connectivity index (χ0) is 12.3. The van der Waals surface area contributed by atoms with Crippen molar-refractivity contribution in [1.82, 2.24) is 4.98 Å². The van der Waals surface area contributed by atoms with E-state index < -0.39 is 0 Å². The van der Waals surface area contributed by atoms with Crippen LogP contribution in [0.15, 0.2) is 36.4 Å². The highest BCUT2D eigenvalue weighted by Gasteiger charge is 1.99. The van der Waals surface area contributed by atoms with Crippen LogP contribution < -0.4 is 5.32 Å². The summed E-state index contributed by atoms with van der Waals surface area (Å²) in [6.07, 6.45) is 0. The molecule has 0 saturated heterocycles. The summed E-state index contributed by atoms with van der Waals surface area (Å²) in [6.45, 7) is 4.11. The van der Waals surface area contributed by atoms with Gasteiger partial charge < -0.3 is 5.32 Å². The summed E-state index contributed by atoms with van der Waals surface area (Å²) in [5.41, 5.74) is 3.80. The van der Waals surface area contributed by atoms with E-state index in [9.17, 15) is 0 Å². The van der Waals surface area contributed by atoms with E-state index in [1.165, 1.54) is 11.1 Å². The van der Waals surface area contributed by atoms with Gasteiger partial charge in [0.05, 0.1) is 0 Å². The molecular weight excluding hydrogens is 210 g/mol. The second-order valence-electron chi connectivity index (χ2n) is 4.02.